The van der Waals surface area contributed by atoms with Crippen molar-refractivity contribution in [1.29, 1.82) is 0 Å². The molecule has 0 N–H and O–H groups in total. The van der Waals surface area contributed by atoms with Crippen molar-refractivity contribution in [1.82, 2.24) is 4.31 Å². The summed E-state index contributed by atoms with van der Waals surface area (Å²) in [7, 11) is -7.66. The molecule has 0 radical (unpaired) electrons. The molecule has 2 heterocycles. The highest BCUT2D eigenvalue weighted by molar-refractivity contribution is 7.93. The maximum atomic E-state index is 13.3. The van der Waals surface area contributed by atoms with Crippen LogP contribution in [-0.4, -0.2) is 45.7 Å². The third kappa shape index (κ3) is 3.81. The zero-order valence-electron chi connectivity index (χ0n) is 17.0. The van der Waals surface area contributed by atoms with Crippen LogP contribution in [0.25, 0.3) is 0 Å². The molecule has 0 atom stereocenters. The van der Waals surface area contributed by atoms with Crippen LogP contribution in [0.5, 0.6) is 0 Å². The minimum absolute atomic E-state index is 0.125. The second-order valence-electron chi connectivity index (χ2n) is 7.79. The van der Waals surface area contributed by atoms with Gasteiger partial charge < -0.3 is 0 Å². The molecule has 1 saturated heterocycles. The molecule has 0 unspecified atom stereocenters. The van der Waals surface area contributed by atoms with Gasteiger partial charge in [0.15, 0.2) is 0 Å². The van der Waals surface area contributed by atoms with Crippen molar-refractivity contribution >= 4 is 31.4 Å². The number of hydrogen-bond acceptors (Lipinski definition) is 6. The summed E-state index contributed by atoms with van der Waals surface area (Å²) in [5, 5.41) is 11.1. The Balaban J connectivity index is 1.70. The van der Waals surface area contributed by atoms with Crippen LogP contribution in [0, 0.1) is 17.0 Å². The number of anilines is 1. The average Bonchev–Trinajstić information content (AvgIpc) is 3.18. The van der Waals surface area contributed by atoms with Gasteiger partial charge in [0.1, 0.15) is 0 Å². The summed E-state index contributed by atoms with van der Waals surface area (Å²) in [5.41, 5.74) is 1.14. The van der Waals surface area contributed by atoms with Crippen LogP contribution >= 0.6 is 0 Å². The van der Waals surface area contributed by atoms with Gasteiger partial charge in [0.05, 0.1) is 20.4 Å². The van der Waals surface area contributed by atoms with Gasteiger partial charge in [-0.25, -0.2) is 16.8 Å². The molecule has 2 aliphatic heterocycles. The van der Waals surface area contributed by atoms with Crippen molar-refractivity contribution in [3.63, 3.8) is 0 Å². The number of sulfonamides is 2. The zero-order valence-corrected chi connectivity index (χ0v) is 18.7. The van der Waals surface area contributed by atoms with Crippen LogP contribution in [0.3, 0.4) is 0 Å². The van der Waals surface area contributed by atoms with E-state index >= 15 is 0 Å². The summed E-state index contributed by atoms with van der Waals surface area (Å²) < 4.78 is 55.2. The summed E-state index contributed by atoms with van der Waals surface area (Å²) in [6, 6.07) is 8.26. The van der Waals surface area contributed by atoms with Gasteiger partial charge in [0.2, 0.25) is 10.0 Å². The Labute approximate surface area is 181 Å². The highest BCUT2D eigenvalue weighted by Gasteiger charge is 2.34. The van der Waals surface area contributed by atoms with E-state index < -0.39 is 25.0 Å². The first-order chi connectivity index (χ1) is 14.6. The number of nitro benzene ring substituents is 1. The fourth-order valence-electron chi connectivity index (χ4n) is 4.11. The summed E-state index contributed by atoms with van der Waals surface area (Å²) in [6.45, 7) is 2.72. The molecule has 0 amide bonds. The van der Waals surface area contributed by atoms with E-state index in [1.165, 1.54) is 32.9 Å². The number of rotatable bonds is 5. The van der Waals surface area contributed by atoms with E-state index in [4.69, 9.17) is 0 Å². The maximum absolute atomic E-state index is 13.3. The highest BCUT2D eigenvalue weighted by atomic mass is 32.2. The molecule has 31 heavy (non-hydrogen) atoms. The van der Waals surface area contributed by atoms with Crippen LogP contribution in [-0.2, 0) is 26.5 Å². The molecule has 0 aliphatic carbocycles. The van der Waals surface area contributed by atoms with E-state index in [0.717, 1.165) is 25.3 Å². The summed E-state index contributed by atoms with van der Waals surface area (Å²) in [6.07, 6.45) is 3.05. The Kier molecular flexibility index (Phi) is 5.52. The van der Waals surface area contributed by atoms with E-state index in [0.29, 0.717) is 36.3 Å². The van der Waals surface area contributed by atoms with Gasteiger partial charge in [0, 0.05) is 31.8 Å². The van der Waals surface area contributed by atoms with E-state index in [9.17, 15) is 26.9 Å². The fraction of sp³-hybridized carbons (Fsp3) is 0.400. The van der Waals surface area contributed by atoms with Gasteiger partial charge in [-0.3, -0.25) is 14.4 Å². The molecule has 2 aromatic carbocycles. The first kappa shape index (κ1) is 21.7. The molecular formula is C20H23N3O6S2. The van der Waals surface area contributed by atoms with Crippen LogP contribution in [0.15, 0.2) is 46.2 Å². The second kappa shape index (κ2) is 7.88. The lowest BCUT2D eigenvalue weighted by Gasteiger charge is -2.26. The molecule has 0 aromatic heterocycles. The number of non-ortho nitro benzene ring substituents is 1. The summed E-state index contributed by atoms with van der Waals surface area (Å²) >= 11 is 0. The largest absolute Gasteiger partial charge is 0.270 e. The topological polar surface area (TPSA) is 118 Å². The number of fused-ring (bicyclic) bond motifs is 1. The van der Waals surface area contributed by atoms with Gasteiger partial charge in [-0.15, -0.1) is 0 Å². The number of piperidine rings is 1. The van der Waals surface area contributed by atoms with E-state index in [-0.39, 0.29) is 22.0 Å². The van der Waals surface area contributed by atoms with Gasteiger partial charge >= 0.3 is 0 Å². The minimum Gasteiger partial charge on any atom is -0.266 e. The van der Waals surface area contributed by atoms with Gasteiger partial charge in [0.25, 0.3) is 15.7 Å². The predicted molar refractivity (Wildman–Crippen MR) is 115 cm³/mol. The first-order valence-electron chi connectivity index (χ1n) is 10.0. The van der Waals surface area contributed by atoms with Crippen molar-refractivity contribution < 1.29 is 21.8 Å². The predicted octanol–water partition coefficient (Wildman–Crippen LogP) is 2.83. The number of hydrogen-bond donors (Lipinski definition) is 0. The zero-order chi connectivity index (χ0) is 22.4. The Hall–Kier alpha value is -2.50. The molecule has 166 valence electrons. The lowest BCUT2D eigenvalue weighted by molar-refractivity contribution is -0.385. The SMILES string of the molecule is Cc1ccc([N+](=O)[O-])cc1S(=O)(=O)N1CCc2cc(S(=O)(=O)N3CCCCC3)ccc21. The Morgan fingerprint density at radius 3 is 2.29 bits per heavy atom. The Bertz CT molecular complexity index is 1250. The molecule has 2 aromatic rings. The van der Waals surface area contributed by atoms with Crippen molar-refractivity contribution in [2.45, 2.75) is 42.4 Å². The maximum Gasteiger partial charge on any atom is 0.270 e. The standard InChI is InChI=1S/C20H23N3O6S2/c1-15-5-6-17(23(24)25)14-20(15)31(28,29)22-12-9-16-13-18(7-8-19(16)22)30(26,27)21-10-3-2-4-11-21/h5-8,13-14H,2-4,9-12H2,1H3. The number of benzene rings is 2. The normalized spacial score (nSPS) is 17.5. The highest BCUT2D eigenvalue weighted by Crippen LogP contribution is 2.36. The van der Waals surface area contributed by atoms with Crippen molar-refractivity contribution in [2.75, 3.05) is 23.9 Å². The summed E-state index contributed by atoms with van der Waals surface area (Å²) in [4.78, 5) is 10.5. The van der Waals surface area contributed by atoms with Crippen LogP contribution in [0.1, 0.15) is 30.4 Å². The number of aryl methyl sites for hydroxylation is 1. The smallest absolute Gasteiger partial charge is 0.266 e. The first-order valence-corrected chi connectivity index (χ1v) is 12.9. The van der Waals surface area contributed by atoms with E-state index in [1.54, 1.807) is 13.0 Å². The summed E-state index contributed by atoms with van der Waals surface area (Å²) in [5.74, 6) is 0. The Morgan fingerprint density at radius 2 is 1.61 bits per heavy atom. The van der Waals surface area contributed by atoms with Crippen LogP contribution in [0.4, 0.5) is 11.4 Å². The van der Waals surface area contributed by atoms with Crippen molar-refractivity contribution in [3.05, 3.63) is 57.6 Å². The number of nitro groups is 1. The second-order valence-corrected chi connectivity index (χ2v) is 11.6. The lowest BCUT2D eigenvalue weighted by atomic mass is 10.2. The Morgan fingerprint density at radius 1 is 0.903 bits per heavy atom. The van der Waals surface area contributed by atoms with Crippen LogP contribution in [0.2, 0.25) is 0 Å². The quantitative estimate of drug-likeness (QED) is 0.495. The fourth-order valence-corrected chi connectivity index (χ4v) is 7.43. The van der Waals surface area contributed by atoms with Crippen LogP contribution < -0.4 is 4.31 Å². The molecule has 0 spiro atoms. The molecule has 0 bridgehead atoms. The molecular weight excluding hydrogens is 442 g/mol. The molecule has 11 heteroatoms. The number of nitrogens with zero attached hydrogens (tertiary/aromatic N) is 3. The van der Waals surface area contributed by atoms with E-state index in [2.05, 4.69) is 0 Å². The molecule has 2 aliphatic rings. The van der Waals surface area contributed by atoms with Crippen molar-refractivity contribution in [2.24, 2.45) is 0 Å². The minimum atomic E-state index is -4.04. The molecule has 0 saturated carbocycles. The molecule has 4 rings (SSSR count). The molecule has 1 fully saturated rings. The van der Waals surface area contributed by atoms with E-state index in [1.807, 2.05) is 0 Å². The third-order valence-electron chi connectivity index (χ3n) is 5.81. The van der Waals surface area contributed by atoms with Crippen molar-refractivity contribution in [3.8, 4) is 0 Å². The average molecular weight is 466 g/mol. The van der Waals surface area contributed by atoms with Gasteiger partial charge in [-0.1, -0.05) is 12.5 Å². The monoisotopic (exact) mass is 465 g/mol. The lowest BCUT2D eigenvalue weighted by Crippen LogP contribution is -2.35. The van der Waals surface area contributed by atoms with Gasteiger partial charge in [-0.2, -0.15) is 4.31 Å². The molecule has 9 nitrogen and oxygen atoms in total. The van der Waals surface area contributed by atoms with Gasteiger partial charge in [-0.05, 0) is 55.5 Å². The third-order valence-corrected chi connectivity index (χ3v) is 9.66.